The molecule has 1 aliphatic rings. The lowest BCUT2D eigenvalue weighted by atomic mass is 10.1. The van der Waals surface area contributed by atoms with Crippen molar-refractivity contribution in [2.24, 2.45) is 0 Å². The smallest absolute Gasteiger partial charge is 0.463 e. The van der Waals surface area contributed by atoms with Gasteiger partial charge >= 0.3 is 48.4 Å². The lowest BCUT2D eigenvalue weighted by Crippen LogP contribution is -2.13. The first-order valence-electron chi connectivity index (χ1n) is 22.4. The first-order valence-corrected chi connectivity index (χ1v) is 24.0. The van der Waals surface area contributed by atoms with Gasteiger partial charge in [-0.15, -0.1) is 0 Å². The molecule has 0 saturated heterocycles. The third-order valence-corrected chi connectivity index (χ3v) is 12.6. The van der Waals surface area contributed by atoms with Gasteiger partial charge in [-0.2, -0.15) is 4.89 Å². The van der Waals surface area contributed by atoms with Crippen molar-refractivity contribution in [3.05, 3.63) is 178 Å². The van der Waals surface area contributed by atoms with Crippen LogP contribution < -0.4 is 23.7 Å². The molecule has 0 fully saturated rings. The second-order valence-electron chi connectivity index (χ2n) is 15.1. The van der Waals surface area contributed by atoms with Crippen LogP contribution in [0.15, 0.2) is 148 Å². The van der Waals surface area contributed by atoms with Gasteiger partial charge in [0, 0.05) is 6.08 Å². The number of allylic oxidation sites excluding steroid dienone is 1. The van der Waals surface area contributed by atoms with Crippen molar-refractivity contribution in [2.75, 3.05) is 26.4 Å². The van der Waals surface area contributed by atoms with Gasteiger partial charge in [-0.25, -0.2) is 43.7 Å². The molecule has 0 amide bonds. The lowest BCUT2D eigenvalue weighted by molar-refractivity contribution is -0.259. The SMILES string of the molecule is [C-]#[N+]/C(C#N)=C1/Sc2c(OC(=O)c3ccc(OC(=O)c4ccc(OC(=O)OCCCCOC(=O)C=C)cc4)cc3)ccc(OC(=O)c3ccc(OC(=O)c4ccc(C(=C)C(=O)OCCCCOOC=O)cc4)cc3)c2S1. The Morgan fingerprint density at radius 3 is 1.41 bits per heavy atom. The number of rotatable bonds is 24. The number of nitrogens with zero attached hydrogens (tertiary/aromatic N) is 2. The monoisotopic (exact) mass is 1070 g/mol. The zero-order valence-corrected chi connectivity index (χ0v) is 41.3. The fraction of sp³-hybridized carbons (Fsp3) is 0.148. The predicted molar refractivity (Wildman–Crippen MR) is 268 cm³/mol. The Kier molecular flexibility index (Phi) is 20.6. The Balaban J connectivity index is 1.01. The molecule has 0 bridgehead atoms. The van der Waals surface area contributed by atoms with Gasteiger partial charge in [0.2, 0.25) is 0 Å². The van der Waals surface area contributed by atoms with Gasteiger partial charge in [0.1, 0.15) is 28.7 Å². The van der Waals surface area contributed by atoms with Crippen LogP contribution in [0, 0.1) is 17.9 Å². The van der Waals surface area contributed by atoms with Crippen LogP contribution >= 0.6 is 23.5 Å². The second-order valence-corrected chi connectivity index (χ2v) is 17.4. The molecule has 5 aromatic rings. The minimum absolute atomic E-state index is 0.0288. The molecule has 20 nitrogen and oxygen atoms in total. The summed E-state index contributed by atoms with van der Waals surface area (Å²) in [5, 5.41) is 9.63. The topological polar surface area (TPSA) is 257 Å². The Morgan fingerprint density at radius 1 is 0.553 bits per heavy atom. The van der Waals surface area contributed by atoms with Crippen LogP contribution in [0.3, 0.4) is 0 Å². The van der Waals surface area contributed by atoms with Gasteiger partial charge in [0.15, 0.2) is 0 Å². The molecule has 0 saturated carbocycles. The Bertz CT molecular complexity index is 3120. The summed E-state index contributed by atoms with van der Waals surface area (Å²) in [4.78, 5) is 111. The van der Waals surface area contributed by atoms with E-state index in [0.29, 0.717) is 31.2 Å². The molecular weight excluding hydrogens is 1030 g/mol. The lowest BCUT2D eigenvalue weighted by Gasteiger charge is -2.12. The van der Waals surface area contributed by atoms with Crippen LogP contribution in [0.1, 0.15) is 72.7 Å². The van der Waals surface area contributed by atoms with Crippen molar-refractivity contribution in [3.8, 4) is 34.8 Å². The van der Waals surface area contributed by atoms with Crippen LogP contribution in [0.4, 0.5) is 4.79 Å². The number of esters is 6. The summed E-state index contributed by atoms with van der Waals surface area (Å²) in [6.07, 6.45) is 1.90. The quantitative estimate of drug-likeness (QED) is 0.00476. The van der Waals surface area contributed by atoms with Crippen LogP contribution in [0.5, 0.6) is 28.7 Å². The molecule has 0 N–H and O–H groups in total. The van der Waals surface area contributed by atoms with E-state index in [9.17, 15) is 43.6 Å². The largest absolute Gasteiger partial charge is 0.513 e. The van der Waals surface area contributed by atoms with Crippen molar-refractivity contribution in [1.29, 1.82) is 5.26 Å². The molecule has 0 unspecified atom stereocenters. The van der Waals surface area contributed by atoms with E-state index in [0.717, 1.165) is 29.6 Å². The average molecular weight is 1070 g/mol. The number of fused-ring (bicyclic) bond motifs is 1. The van der Waals surface area contributed by atoms with Crippen molar-refractivity contribution < 1.29 is 86.0 Å². The Labute approximate surface area is 441 Å². The van der Waals surface area contributed by atoms with E-state index < -0.39 is 42.0 Å². The first-order chi connectivity index (χ1) is 36.8. The minimum Gasteiger partial charge on any atom is -0.463 e. The van der Waals surface area contributed by atoms with Crippen molar-refractivity contribution >= 4 is 77.5 Å². The zero-order chi connectivity index (χ0) is 54.4. The molecule has 76 heavy (non-hydrogen) atoms. The predicted octanol–water partition coefficient (Wildman–Crippen LogP) is 9.84. The van der Waals surface area contributed by atoms with Gasteiger partial charge < -0.3 is 42.8 Å². The highest BCUT2D eigenvalue weighted by Gasteiger charge is 2.31. The number of ether oxygens (including phenoxy) is 8. The zero-order valence-electron chi connectivity index (χ0n) is 39.7. The van der Waals surface area contributed by atoms with Gasteiger partial charge in [-0.1, -0.05) is 48.8 Å². The molecule has 1 heterocycles. The van der Waals surface area contributed by atoms with Gasteiger partial charge in [-0.05, 0) is 128 Å². The molecule has 1 aliphatic heterocycles. The molecule has 0 atom stereocenters. The van der Waals surface area contributed by atoms with Gasteiger partial charge in [0.05, 0.1) is 80.9 Å². The van der Waals surface area contributed by atoms with Crippen molar-refractivity contribution in [1.82, 2.24) is 0 Å². The number of unbranched alkanes of at least 4 members (excludes halogenated alkanes) is 2. The van der Waals surface area contributed by atoms with Crippen molar-refractivity contribution in [2.45, 2.75) is 35.5 Å². The minimum atomic E-state index is -0.964. The fourth-order valence-electron chi connectivity index (χ4n) is 6.16. The summed E-state index contributed by atoms with van der Waals surface area (Å²) in [6, 6.07) is 26.9. The first kappa shape index (κ1) is 55.8. The van der Waals surface area contributed by atoms with Crippen LogP contribution in [0.25, 0.3) is 10.4 Å². The van der Waals surface area contributed by atoms with E-state index >= 15 is 0 Å². The average Bonchev–Trinajstić information content (AvgIpc) is 3.89. The molecular formula is C54H40N2O18S2. The summed E-state index contributed by atoms with van der Waals surface area (Å²) >= 11 is 1.95. The molecule has 22 heteroatoms. The van der Waals surface area contributed by atoms with E-state index in [4.69, 9.17) is 44.5 Å². The highest BCUT2D eigenvalue weighted by Crippen LogP contribution is 2.59. The third kappa shape index (κ3) is 16.0. The molecule has 5 aromatic carbocycles. The van der Waals surface area contributed by atoms with Gasteiger partial charge in [-0.3, -0.25) is 4.79 Å². The summed E-state index contributed by atoms with van der Waals surface area (Å²) in [5.41, 5.74) is 0.641. The van der Waals surface area contributed by atoms with E-state index in [1.807, 2.05) is 6.07 Å². The summed E-state index contributed by atoms with van der Waals surface area (Å²) in [6.45, 7) is 15.1. The number of hydrogen-bond donors (Lipinski definition) is 0. The number of carbonyl (C=O) groups excluding carboxylic acids is 8. The molecule has 6 rings (SSSR count). The Hall–Kier alpha value is -9.48. The van der Waals surface area contributed by atoms with E-state index in [-0.39, 0.29) is 109 Å². The second kappa shape index (κ2) is 28.1. The summed E-state index contributed by atoms with van der Waals surface area (Å²) in [7, 11) is 0. The maximum atomic E-state index is 13.4. The van der Waals surface area contributed by atoms with Gasteiger partial charge in [0.25, 0.3) is 5.70 Å². The van der Waals surface area contributed by atoms with Crippen LogP contribution in [0.2, 0.25) is 0 Å². The molecule has 0 spiro atoms. The van der Waals surface area contributed by atoms with Crippen molar-refractivity contribution in [3.63, 3.8) is 0 Å². The Morgan fingerprint density at radius 2 is 0.961 bits per heavy atom. The van der Waals surface area contributed by atoms with E-state index in [1.165, 1.54) is 109 Å². The molecule has 0 aliphatic carbocycles. The molecule has 0 radical (unpaired) electrons. The molecule has 386 valence electrons. The van der Waals surface area contributed by atoms with Crippen LogP contribution in [-0.4, -0.2) is 74.9 Å². The van der Waals surface area contributed by atoms with E-state index in [2.05, 4.69) is 27.8 Å². The standard InChI is InChI=1S/C54H40N2O18S2/c1-4-45(58)65-27-5-6-29-67-54(64)72-41-23-17-36(18-24-41)50(61)71-40-21-15-38(16-22-40)52(63)74-44-26-25-43(46-47(44)76-53(75-46)42(31-55)56-3)73-51(62)37-13-19-39(20-14-37)70-49(60)35-11-9-34(10-12-35)33(2)48(59)66-28-7-8-30-68-69-32-57/h4,9-26,32H,1-2,5-8,27-30H2/b53-42+. The highest BCUT2D eigenvalue weighted by molar-refractivity contribution is 8.24. The summed E-state index contributed by atoms with van der Waals surface area (Å²) < 4.78 is 42.8. The number of thioether (sulfide) groups is 2. The third-order valence-electron chi connectivity index (χ3n) is 9.99. The molecule has 0 aromatic heterocycles. The highest BCUT2D eigenvalue weighted by atomic mass is 32.2. The maximum Gasteiger partial charge on any atom is 0.513 e. The fourth-order valence-corrected chi connectivity index (χ4v) is 8.63. The summed E-state index contributed by atoms with van der Waals surface area (Å²) in [5.74, 6) is -3.96. The number of carbonyl (C=O) groups is 8. The maximum absolute atomic E-state index is 13.4. The number of hydrogen-bond acceptors (Lipinski definition) is 21. The number of nitriles is 1. The number of benzene rings is 5. The van der Waals surface area contributed by atoms with E-state index in [1.54, 1.807) is 0 Å². The normalized spacial score (nSPS) is 11.7. The van der Waals surface area contributed by atoms with Crippen LogP contribution in [-0.2, 0) is 38.4 Å².